The quantitative estimate of drug-likeness (QED) is 0.408. The van der Waals surface area contributed by atoms with Crippen molar-refractivity contribution in [3.8, 4) is 0 Å². The van der Waals surface area contributed by atoms with Crippen LogP contribution in [0.1, 0.15) is 30.4 Å². The third-order valence-electron chi connectivity index (χ3n) is 6.06. The minimum Gasteiger partial charge on any atom is -0.343 e. The van der Waals surface area contributed by atoms with Crippen LogP contribution in [-0.4, -0.2) is 54.5 Å². The number of nitrogens with zero attached hydrogens (tertiary/aromatic N) is 1. The number of hydrogen-bond acceptors (Lipinski definition) is 5. The lowest BCUT2D eigenvalue weighted by atomic mass is 10.0. The van der Waals surface area contributed by atoms with Crippen LogP contribution in [0.2, 0.25) is 0 Å². The molecule has 1 aliphatic heterocycles. The van der Waals surface area contributed by atoms with E-state index >= 15 is 0 Å². The highest BCUT2D eigenvalue weighted by Gasteiger charge is 2.31. The molecule has 0 bridgehead atoms. The molecule has 1 heterocycles. The summed E-state index contributed by atoms with van der Waals surface area (Å²) < 4.78 is 39.1. The molecule has 0 aromatic heterocycles. The summed E-state index contributed by atoms with van der Waals surface area (Å²) in [5.41, 5.74) is 12.1. The number of amides is 2. The third kappa shape index (κ3) is 8.34. The van der Waals surface area contributed by atoms with Gasteiger partial charge in [0.15, 0.2) is 0 Å². The molecular weight excluding hydrogens is 459 g/mol. The zero-order valence-electron chi connectivity index (χ0n) is 19.4. The second-order valence-electron chi connectivity index (χ2n) is 8.90. The van der Waals surface area contributed by atoms with E-state index in [2.05, 4.69) is 15.5 Å². The minimum atomic E-state index is -4.53. The monoisotopic (exact) mass is 491 g/mol. The predicted molar refractivity (Wildman–Crippen MR) is 128 cm³/mol. The van der Waals surface area contributed by atoms with Crippen molar-refractivity contribution < 1.29 is 22.8 Å². The van der Waals surface area contributed by atoms with Gasteiger partial charge in [-0.3, -0.25) is 9.59 Å². The SMILES string of the molecule is N[C@@H]1CCN(CC[C@H](N)C(=O)N[C@@H](CCc2ccccc2)C(=O)Nc2cccc(C(F)(F)F)c2)C1. The number of likely N-dealkylation sites (tertiary alicyclic amines) is 1. The lowest BCUT2D eigenvalue weighted by molar-refractivity contribution is -0.137. The number of carbonyl (C=O) groups is 2. The van der Waals surface area contributed by atoms with Crippen LogP contribution >= 0.6 is 0 Å². The normalized spacial score (nSPS) is 18.1. The molecule has 1 saturated heterocycles. The number of nitrogens with two attached hydrogens (primary N) is 2. The average Bonchev–Trinajstić information content (AvgIpc) is 3.25. The Morgan fingerprint density at radius 3 is 2.46 bits per heavy atom. The van der Waals surface area contributed by atoms with E-state index < -0.39 is 35.6 Å². The van der Waals surface area contributed by atoms with E-state index in [1.165, 1.54) is 12.1 Å². The predicted octanol–water partition coefficient (Wildman–Crippen LogP) is 2.51. The molecule has 1 fully saturated rings. The van der Waals surface area contributed by atoms with Crippen molar-refractivity contribution in [1.82, 2.24) is 10.2 Å². The van der Waals surface area contributed by atoms with Crippen molar-refractivity contribution in [3.63, 3.8) is 0 Å². The summed E-state index contributed by atoms with van der Waals surface area (Å²) in [6.45, 7) is 2.23. The van der Waals surface area contributed by atoms with Gasteiger partial charge in [0.25, 0.3) is 0 Å². The summed E-state index contributed by atoms with van der Waals surface area (Å²) in [4.78, 5) is 27.9. The van der Waals surface area contributed by atoms with Crippen molar-refractivity contribution in [1.29, 1.82) is 0 Å². The van der Waals surface area contributed by atoms with Crippen molar-refractivity contribution in [2.75, 3.05) is 25.0 Å². The standard InChI is InChI=1S/C25H32F3N5O2/c26-25(27,28)18-7-4-8-20(15-18)31-24(35)22(10-9-17-5-2-1-3-6-17)32-23(34)21(30)12-14-33-13-11-19(29)16-33/h1-8,15,19,21-22H,9-14,16,29-30H2,(H,31,35)(H,32,34)/t19-,21+,22+/m1/s1. The molecule has 3 atom stereocenters. The molecule has 190 valence electrons. The first-order chi connectivity index (χ1) is 16.6. The Balaban J connectivity index is 1.64. The highest BCUT2D eigenvalue weighted by atomic mass is 19.4. The third-order valence-corrected chi connectivity index (χ3v) is 6.06. The van der Waals surface area contributed by atoms with Crippen LogP contribution in [0.4, 0.5) is 18.9 Å². The smallest absolute Gasteiger partial charge is 0.343 e. The van der Waals surface area contributed by atoms with Gasteiger partial charge >= 0.3 is 6.18 Å². The number of carbonyl (C=O) groups excluding carboxylic acids is 2. The van der Waals surface area contributed by atoms with Crippen LogP contribution in [0.3, 0.4) is 0 Å². The molecule has 0 unspecified atom stereocenters. The van der Waals surface area contributed by atoms with Gasteiger partial charge in [-0.2, -0.15) is 13.2 Å². The Kier molecular flexibility index (Phi) is 9.25. The van der Waals surface area contributed by atoms with Gasteiger partial charge in [0, 0.05) is 24.8 Å². The summed E-state index contributed by atoms with van der Waals surface area (Å²) in [6, 6.07) is 12.1. The van der Waals surface area contributed by atoms with Gasteiger partial charge in [-0.25, -0.2) is 0 Å². The lowest BCUT2D eigenvalue weighted by Gasteiger charge is -2.22. The maximum atomic E-state index is 13.0. The Labute approximate surface area is 203 Å². The van der Waals surface area contributed by atoms with Crippen LogP contribution in [0, 0.1) is 0 Å². The number of hydrogen-bond donors (Lipinski definition) is 4. The van der Waals surface area contributed by atoms with Crippen LogP contribution in [0.25, 0.3) is 0 Å². The Morgan fingerprint density at radius 1 is 1.06 bits per heavy atom. The number of nitrogens with one attached hydrogen (secondary N) is 2. The van der Waals surface area contributed by atoms with Crippen molar-refractivity contribution in [3.05, 3.63) is 65.7 Å². The summed E-state index contributed by atoms with van der Waals surface area (Å²) in [5.74, 6) is -1.09. The molecule has 0 aliphatic carbocycles. The molecule has 2 amide bonds. The van der Waals surface area contributed by atoms with Gasteiger partial charge in [-0.15, -0.1) is 0 Å². The van der Waals surface area contributed by atoms with E-state index in [1.54, 1.807) is 0 Å². The molecule has 35 heavy (non-hydrogen) atoms. The molecule has 7 nitrogen and oxygen atoms in total. The van der Waals surface area contributed by atoms with E-state index in [9.17, 15) is 22.8 Å². The Bertz CT molecular complexity index is 987. The lowest BCUT2D eigenvalue weighted by Crippen LogP contribution is -2.50. The maximum absolute atomic E-state index is 13.0. The second kappa shape index (κ2) is 12.1. The van der Waals surface area contributed by atoms with Crippen LogP contribution < -0.4 is 22.1 Å². The molecule has 10 heteroatoms. The summed E-state index contributed by atoms with van der Waals surface area (Å²) in [7, 11) is 0. The van der Waals surface area contributed by atoms with E-state index in [1.807, 2.05) is 30.3 Å². The fourth-order valence-corrected chi connectivity index (χ4v) is 4.02. The van der Waals surface area contributed by atoms with Gasteiger partial charge in [0.2, 0.25) is 11.8 Å². The number of anilines is 1. The molecule has 0 spiro atoms. The van der Waals surface area contributed by atoms with Gasteiger partial charge in [0.1, 0.15) is 6.04 Å². The first-order valence-corrected chi connectivity index (χ1v) is 11.7. The first kappa shape index (κ1) is 26.7. The van der Waals surface area contributed by atoms with Crippen LogP contribution in [0.15, 0.2) is 54.6 Å². The van der Waals surface area contributed by atoms with Gasteiger partial charge < -0.3 is 27.0 Å². The van der Waals surface area contributed by atoms with Crippen molar-refractivity contribution >= 4 is 17.5 Å². The van der Waals surface area contributed by atoms with E-state index in [4.69, 9.17) is 11.5 Å². The second-order valence-corrected chi connectivity index (χ2v) is 8.90. The molecule has 0 saturated carbocycles. The first-order valence-electron chi connectivity index (χ1n) is 11.7. The largest absolute Gasteiger partial charge is 0.416 e. The van der Waals surface area contributed by atoms with E-state index in [-0.39, 0.29) is 18.2 Å². The average molecular weight is 492 g/mol. The van der Waals surface area contributed by atoms with E-state index in [0.717, 1.165) is 37.2 Å². The van der Waals surface area contributed by atoms with E-state index in [0.29, 0.717) is 19.4 Å². The van der Waals surface area contributed by atoms with Crippen molar-refractivity contribution in [2.24, 2.45) is 11.5 Å². The van der Waals surface area contributed by atoms with Crippen LogP contribution in [0.5, 0.6) is 0 Å². The molecule has 3 rings (SSSR count). The summed E-state index contributed by atoms with van der Waals surface area (Å²) in [6.07, 6.45) is -2.48. The molecule has 1 aliphatic rings. The number of alkyl halides is 3. The summed E-state index contributed by atoms with van der Waals surface area (Å²) in [5, 5.41) is 5.19. The Hall–Kier alpha value is -2.95. The van der Waals surface area contributed by atoms with Crippen LogP contribution in [-0.2, 0) is 22.2 Å². The molecule has 2 aromatic rings. The maximum Gasteiger partial charge on any atom is 0.416 e. The molecule has 6 N–H and O–H groups in total. The fourth-order valence-electron chi connectivity index (χ4n) is 4.02. The summed E-state index contributed by atoms with van der Waals surface area (Å²) >= 11 is 0. The highest BCUT2D eigenvalue weighted by molar-refractivity contribution is 5.97. The van der Waals surface area contributed by atoms with Gasteiger partial charge in [0.05, 0.1) is 11.6 Å². The number of benzene rings is 2. The van der Waals surface area contributed by atoms with Gasteiger partial charge in [-0.1, -0.05) is 36.4 Å². The Morgan fingerprint density at radius 2 is 1.80 bits per heavy atom. The van der Waals surface area contributed by atoms with Crippen molar-refractivity contribution in [2.45, 2.75) is 50.0 Å². The fraction of sp³-hybridized carbons (Fsp3) is 0.440. The zero-order chi connectivity index (χ0) is 25.4. The molecule has 0 radical (unpaired) electrons. The molecule has 2 aromatic carbocycles. The number of rotatable bonds is 10. The zero-order valence-corrected chi connectivity index (χ0v) is 19.4. The molecular formula is C25H32F3N5O2. The topological polar surface area (TPSA) is 113 Å². The van der Waals surface area contributed by atoms with Gasteiger partial charge in [-0.05, 0) is 56.0 Å². The number of halogens is 3. The minimum absolute atomic E-state index is 0.00143. The number of aryl methyl sites for hydroxylation is 1. The highest BCUT2D eigenvalue weighted by Crippen LogP contribution is 2.30.